The lowest BCUT2D eigenvalue weighted by Gasteiger charge is -2.36. The topological polar surface area (TPSA) is 70.7 Å². The fourth-order valence-electron chi connectivity index (χ4n) is 2.52. The molecule has 1 fully saturated rings. The van der Waals surface area contributed by atoms with Gasteiger partial charge in [0, 0.05) is 24.1 Å². The molecule has 0 spiro atoms. The summed E-state index contributed by atoms with van der Waals surface area (Å²) >= 11 is 3.46. The van der Waals surface area contributed by atoms with E-state index in [-0.39, 0.29) is 12.0 Å². The fourth-order valence-corrected chi connectivity index (χ4v) is 2.93. The molecule has 1 aliphatic heterocycles. The minimum atomic E-state index is -0.457. The quantitative estimate of drug-likeness (QED) is 0.834. The van der Waals surface area contributed by atoms with Gasteiger partial charge in [0.25, 0.3) is 0 Å². The number of hydrogen-bond acceptors (Lipinski definition) is 4. The number of nitrogens with zero attached hydrogens (tertiary/aromatic N) is 1. The molecule has 1 aromatic carbocycles. The van der Waals surface area contributed by atoms with Crippen LogP contribution in [0.4, 0.5) is 4.79 Å². The van der Waals surface area contributed by atoms with Crippen LogP contribution in [-0.4, -0.2) is 49.1 Å². The van der Waals surface area contributed by atoms with Gasteiger partial charge < -0.3 is 10.1 Å². The number of nitrogens with one attached hydrogen (secondary N) is 2. The number of carbonyl (C=O) groups is 2. The molecule has 6 nitrogen and oxygen atoms in total. The Labute approximate surface area is 144 Å². The molecule has 2 N–H and O–H groups in total. The van der Waals surface area contributed by atoms with Gasteiger partial charge in [0.2, 0.25) is 5.91 Å². The number of urea groups is 1. The molecule has 1 heterocycles. The number of halogens is 1. The Bertz CT molecular complexity index is 567. The summed E-state index contributed by atoms with van der Waals surface area (Å²) in [4.78, 5) is 25.7. The SMILES string of the molecule is CCNC(=O)NC(=O)C(C)N1CCOC(c2cccc(Br)c2)C1. The lowest BCUT2D eigenvalue weighted by atomic mass is 10.1. The van der Waals surface area contributed by atoms with Crippen molar-refractivity contribution < 1.29 is 14.3 Å². The summed E-state index contributed by atoms with van der Waals surface area (Å²) < 4.78 is 6.82. The van der Waals surface area contributed by atoms with Crippen molar-refractivity contribution in [3.8, 4) is 0 Å². The zero-order valence-corrected chi connectivity index (χ0v) is 14.9. The van der Waals surface area contributed by atoms with Crippen LogP contribution in [0.2, 0.25) is 0 Å². The maximum absolute atomic E-state index is 12.2. The zero-order valence-electron chi connectivity index (χ0n) is 13.3. The summed E-state index contributed by atoms with van der Waals surface area (Å²) in [7, 11) is 0. The van der Waals surface area contributed by atoms with Gasteiger partial charge in [-0.3, -0.25) is 15.0 Å². The molecule has 1 aromatic rings. The Morgan fingerprint density at radius 1 is 1.48 bits per heavy atom. The molecule has 0 aliphatic carbocycles. The number of ether oxygens (including phenoxy) is 1. The van der Waals surface area contributed by atoms with E-state index in [2.05, 4.69) is 26.6 Å². The second-order valence-electron chi connectivity index (χ2n) is 5.43. The smallest absolute Gasteiger partial charge is 0.321 e. The first-order chi connectivity index (χ1) is 11.0. The van der Waals surface area contributed by atoms with Gasteiger partial charge in [-0.2, -0.15) is 0 Å². The van der Waals surface area contributed by atoms with Crippen molar-refractivity contribution in [3.63, 3.8) is 0 Å². The van der Waals surface area contributed by atoms with E-state index in [0.29, 0.717) is 26.2 Å². The Hall–Kier alpha value is -1.44. The van der Waals surface area contributed by atoms with Crippen LogP contribution in [0.1, 0.15) is 25.5 Å². The molecule has 126 valence electrons. The van der Waals surface area contributed by atoms with Gasteiger partial charge >= 0.3 is 6.03 Å². The Morgan fingerprint density at radius 3 is 2.96 bits per heavy atom. The summed E-state index contributed by atoms with van der Waals surface area (Å²) in [5, 5.41) is 4.92. The van der Waals surface area contributed by atoms with Gasteiger partial charge in [-0.15, -0.1) is 0 Å². The van der Waals surface area contributed by atoms with Gasteiger partial charge in [-0.25, -0.2) is 4.79 Å². The van der Waals surface area contributed by atoms with E-state index in [1.165, 1.54) is 0 Å². The molecule has 0 saturated carbocycles. The van der Waals surface area contributed by atoms with E-state index in [1.807, 2.05) is 29.2 Å². The van der Waals surface area contributed by atoms with Crippen molar-refractivity contribution in [1.29, 1.82) is 0 Å². The molecule has 2 rings (SSSR count). The van der Waals surface area contributed by atoms with Crippen LogP contribution in [0.3, 0.4) is 0 Å². The van der Waals surface area contributed by atoms with Crippen LogP contribution in [-0.2, 0) is 9.53 Å². The minimum Gasteiger partial charge on any atom is -0.371 e. The van der Waals surface area contributed by atoms with Gasteiger partial charge in [-0.1, -0.05) is 28.1 Å². The van der Waals surface area contributed by atoms with Crippen molar-refractivity contribution in [3.05, 3.63) is 34.3 Å². The first kappa shape index (κ1) is 17.9. The first-order valence-corrected chi connectivity index (χ1v) is 8.50. The number of rotatable bonds is 4. The van der Waals surface area contributed by atoms with E-state index in [1.54, 1.807) is 13.8 Å². The molecule has 3 amide bonds. The third-order valence-corrected chi connectivity index (χ3v) is 4.31. The van der Waals surface area contributed by atoms with Crippen molar-refractivity contribution in [2.24, 2.45) is 0 Å². The largest absolute Gasteiger partial charge is 0.371 e. The summed E-state index contributed by atoms with van der Waals surface area (Å²) in [5.74, 6) is -0.300. The number of benzene rings is 1. The van der Waals surface area contributed by atoms with E-state index < -0.39 is 12.1 Å². The lowest BCUT2D eigenvalue weighted by molar-refractivity contribution is -0.128. The minimum absolute atomic E-state index is 0.0824. The third kappa shape index (κ3) is 5.02. The first-order valence-electron chi connectivity index (χ1n) is 7.71. The number of morpholine rings is 1. The summed E-state index contributed by atoms with van der Waals surface area (Å²) in [6, 6.07) is 7.11. The Kier molecular flexibility index (Phi) is 6.56. The van der Waals surface area contributed by atoms with Crippen molar-refractivity contribution >= 4 is 27.9 Å². The van der Waals surface area contributed by atoms with Crippen LogP contribution in [0, 0.1) is 0 Å². The number of hydrogen-bond donors (Lipinski definition) is 2. The van der Waals surface area contributed by atoms with Gasteiger partial charge in [-0.05, 0) is 31.5 Å². The molecule has 2 unspecified atom stereocenters. The second kappa shape index (κ2) is 8.42. The molecular formula is C16H22BrN3O3. The standard InChI is InChI=1S/C16H22BrN3O3/c1-3-18-16(22)19-15(21)11(2)20-7-8-23-14(10-20)12-5-4-6-13(17)9-12/h4-6,9,11,14H,3,7-8,10H2,1-2H3,(H2,18,19,21,22). The normalized spacial score (nSPS) is 19.9. The summed E-state index contributed by atoms with van der Waals surface area (Å²) in [6.45, 7) is 5.91. The molecule has 23 heavy (non-hydrogen) atoms. The number of carbonyl (C=O) groups excluding carboxylic acids is 2. The monoisotopic (exact) mass is 383 g/mol. The molecular weight excluding hydrogens is 362 g/mol. The maximum Gasteiger partial charge on any atom is 0.321 e. The molecule has 1 saturated heterocycles. The average Bonchev–Trinajstić information content (AvgIpc) is 2.54. The lowest BCUT2D eigenvalue weighted by Crippen LogP contribution is -2.52. The highest BCUT2D eigenvalue weighted by Gasteiger charge is 2.29. The van der Waals surface area contributed by atoms with Crippen LogP contribution in [0.25, 0.3) is 0 Å². The molecule has 0 aromatic heterocycles. The zero-order chi connectivity index (χ0) is 16.8. The third-order valence-electron chi connectivity index (χ3n) is 3.82. The number of amides is 3. The maximum atomic E-state index is 12.2. The van der Waals surface area contributed by atoms with E-state index >= 15 is 0 Å². The Balaban J connectivity index is 1.97. The van der Waals surface area contributed by atoms with Crippen molar-refractivity contribution in [1.82, 2.24) is 15.5 Å². The highest BCUT2D eigenvalue weighted by atomic mass is 79.9. The second-order valence-corrected chi connectivity index (χ2v) is 6.35. The predicted molar refractivity (Wildman–Crippen MR) is 91.1 cm³/mol. The molecule has 1 aliphatic rings. The van der Waals surface area contributed by atoms with E-state index in [0.717, 1.165) is 10.0 Å². The van der Waals surface area contributed by atoms with Gasteiger partial charge in [0.15, 0.2) is 0 Å². The summed E-state index contributed by atoms with van der Waals surface area (Å²) in [6.07, 6.45) is -0.0824. The molecule has 0 bridgehead atoms. The van der Waals surface area contributed by atoms with E-state index in [4.69, 9.17) is 4.74 Å². The van der Waals surface area contributed by atoms with Crippen LogP contribution in [0.5, 0.6) is 0 Å². The van der Waals surface area contributed by atoms with E-state index in [9.17, 15) is 9.59 Å². The summed E-state index contributed by atoms with van der Waals surface area (Å²) in [5.41, 5.74) is 1.07. The average molecular weight is 384 g/mol. The fraction of sp³-hybridized carbons (Fsp3) is 0.500. The molecule has 2 atom stereocenters. The van der Waals surface area contributed by atoms with Crippen LogP contribution in [0.15, 0.2) is 28.7 Å². The van der Waals surface area contributed by atoms with Crippen molar-refractivity contribution in [2.75, 3.05) is 26.2 Å². The van der Waals surface area contributed by atoms with Gasteiger partial charge in [0.1, 0.15) is 0 Å². The van der Waals surface area contributed by atoms with Crippen molar-refractivity contribution in [2.45, 2.75) is 26.0 Å². The molecule has 7 heteroatoms. The highest BCUT2D eigenvalue weighted by Crippen LogP contribution is 2.25. The number of imide groups is 1. The highest BCUT2D eigenvalue weighted by molar-refractivity contribution is 9.10. The molecule has 0 radical (unpaired) electrons. The van der Waals surface area contributed by atoms with Gasteiger partial charge in [0.05, 0.1) is 18.8 Å². The van der Waals surface area contributed by atoms with Crippen LogP contribution >= 0.6 is 15.9 Å². The predicted octanol–water partition coefficient (Wildman–Crippen LogP) is 2.06. The van der Waals surface area contributed by atoms with Crippen LogP contribution < -0.4 is 10.6 Å². The Morgan fingerprint density at radius 2 is 2.26 bits per heavy atom.